The third kappa shape index (κ3) is 4.19. The summed E-state index contributed by atoms with van der Waals surface area (Å²) in [5.74, 6) is 1.01. The van der Waals surface area contributed by atoms with Crippen LogP contribution in [0.2, 0.25) is 0 Å². The quantitative estimate of drug-likeness (QED) is 0.581. The van der Waals surface area contributed by atoms with E-state index < -0.39 is 6.36 Å². The summed E-state index contributed by atoms with van der Waals surface area (Å²) in [6.45, 7) is 2.49. The molecule has 5 rings (SSSR count). The Morgan fingerprint density at radius 3 is 2.71 bits per heavy atom. The van der Waals surface area contributed by atoms with E-state index in [-0.39, 0.29) is 23.7 Å². The molecule has 2 aromatic heterocycles. The molecule has 180 valence electrons. The highest BCUT2D eigenvalue weighted by Gasteiger charge is 2.33. The first kappa shape index (κ1) is 22.2. The van der Waals surface area contributed by atoms with Gasteiger partial charge in [-0.1, -0.05) is 12.1 Å². The summed E-state index contributed by atoms with van der Waals surface area (Å²) in [5, 5.41) is 24.6. The van der Waals surface area contributed by atoms with E-state index in [1.54, 1.807) is 6.07 Å². The molecule has 0 radical (unpaired) electrons. The van der Waals surface area contributed by atoms with Crippen LogP contribution < -0.4 is 19.7 Å². The van der Waals surface area contributed by atoms with Gasteiger partial charge in [0.25, 0.3) is 0 Å². The second-order valence-electron chi connectivity index (χ2n) is 8.65. The van der Waals surface area contributed by atoms with Crippen molar-refractivity contribution >= 4 is 22.9 Å². The van der Waals surface area contributed by atoms with Crippen molar-refractivity contribution in [1.29, 1.82) is 5.41 Å². The molecule has 0 spiro atoms. The molecule has 1 aliphatic carbocycles. The third-order valence-corrected chi connectivity index (χ3v) is 6.22. The van der Waals surface area contributed by atoms with E-state index in [2.05, 4.69) is 25.2 Å². The van der Waals surface area contributed by atoms with E-state index in [1.165, 1.54) is 22.7 Å². The molecule has 1 saturated carbocycles. The first-order valence-corrected chi connectivity index (χ1v) is 11.0. The van der Waals surface area contributed by atoms with Gasteiger partial charge in [0, 0.05) is 24.4 Å². The van der Waals surface area contributed by atoms with Crippen LogP contribution in [0.1, 0.15) is 32.6 Å². The zero-order valence-corrected chi connectivity index (χ0v) is 18.7. The number of aromatic nitrogens is 4. The number of hydrogen-bond acceptors (Lipinski definition) is 8. The average molecular weight is 475 g/mol. The smallest absolute Gasteiger partial charge is 0.485 e. The lowest BCUT2D eigenvalue weighted by molar-refractivity contribution is -0.274. The van der Waals surface area contributed by atoms with Crippen molar-refractivity contribution in [2.24, 2.45) is 0 Å². The molecule has 9 nitrogen and oxygen atoms in total. The fraction of sp³-hybridized carbons (Fsp3) is 0.455. The lowest BCUT2D eigenvalue weighted by Crippen LogP contribution is -2.39. The number of anilines is 2. The molecule has 0 amide bonds. The molecule has 3 heterocycles. The molecule has 3 aromatic rings. The minimum absolute atomic E-state index is 0.107. The fourth-order valence-corrected chi connectivity index (χ4v) is 4.29. The Morgan fingerprint density at radius 2 is 1.97 bits per heavy atom. The number of ether oxygens (including phenoxy) is 2. The minimum atomic E-state index is -4.80. The second kappa shape index (κ2) is 8.33. The zero-order valence-electron chi connectivity index (χ0n) is 18.7. The van der Waals surface area contributed by atoms with Crippen molar-refractivity contribution in [2.45, 2.75) is 51.1 Å². The van der Waals surface area contributed by atoms with Crippen LogP contribution in [0.3, 0.4) is 0 Å². The highest BCUT2D eigenvalue weighted by atomic mass is 19.4. The van der Waals surface area contributed by atoms with Gasteiger partial charge in [0.2, 0.25) is 5.65 Å². The number of nitrogens with one attached hydrogen (secondary N) is 2. The van der Waals surface area contributed by atoms with Crippen molar-refractivity contribution in [3.8, 4) is 22.9 Å². The number of benzene rings is 1. The van der Waals surface area contributed by atoms with E-state index >= 15 is 0 Å². The second-order valence-corrected chi connectivity index (χ2v) is 8.65. The van der Waals surface area contributed by atoms with E-state index in [0.29, 0.717) is 29.4 Å². The van der Waals surface area contributed by atoms with E-state index in [4.69, 9.17) is 15.2 Å². The van der Waals surface area contributed by atoms with Crippen LogP contribution in [0, 0.1) is 5.41 Å². The largest absolute Gasteiger partial charge is 0.573 e. The molecule has 12 heteroatoms. The first-order chi connectivity index (χ1) is 16.2. The summed E-state index contributed by atoms with van der Waals surface area (Å²) in [6.07, 6.45) is -1.70. The van der Waals surface area contributed by atoms with Gasteiger partial charge in [0.15, 0.2) is 17.4 Å². The maximum absolute atomic E-state index is 12.7. The number of rotatable bonds is 4. The lowest BCUT2D eigenvalue weighted by atomic mass is 9.94. The minimum Gasteiger partial charge on any atom is -0.485 e. The number of halogens is 3. The average Bonchev–Trinajstić information content (AvgIpc) is 3.20. The number of fused-ring (bicyclic) bond motifs is 3. The van der Waals surface area contributed by atoms with Crippen LogP contribution in [0.15, 0.2) is 24.3 Å². The van der Waals surface area contributed by atoms with Crippen LogP contribution in [0.5, 0.6) is 11.5 Å². The molecular weight excluding hydrogens is 451 g/mol. The van der Waals surface area contributed by atoms with Crippen molar-refractivity contribution in [1.82, 2.24) is 19.8 Å². The molecule has 0 bridgehead atoms. The van der Waals surface area contributed by atoms with Gasteiger partial charge >= 0.3 is 6.36 Å². The lowest BCUT2D eigenvalue weighted by Gasteiger charge is -2.35. The Kier molecular flexibility index (Phi) is 5.45. The maximum atomic E-state index is 12.7. The number of alkyl halides is 3. The molecular formula is C22H24F3N7O2. The van der Waals surface area contributed by atoms with Gasteiger partial charge in [-0.2, -0.15) is 4.52 Å². The Bertz CT molecular complexity index is 1230. The Balaban J connectivity index is 1.60. The summed E-state index contributed by atoms with van der Waals surface area (Å²) in [6, 6.07) is 5.80. The van der Waals surface area contributed by atoms with Crippen molar-refractivity contribution in [2.75, 3.05) is 23.9 Å². The zero-order chi connectivity index (χ0) is 24.0. The van der Waals surface area contributed by atoms with Gasteiger partial charge in [-0.3, -0.25) is 0 Å². The molecule has 1 aromatic carbocycles. The number of nitrogens with zero attached hydrogens (tertiary/aromatic N) is 5. The van der Waals surface area contributed by atoms with Gasteiger partial charge < -0.3 is 25.1 Å². The third-order valence-electron chi connectivity index (χ3n) is 6.22. The number of likely N-dealkylation sites (N-methyl/N-ethyl adjacent to an activating group) is 1. The van der Waals surface area contributed by atoms with Crippen molar-refractivity contribution < 1.29 is 22.6 Å². The van der Waals surface area contributed by atoms with Crippen LogP contribution in [0.4, 0.5) is 24.7 Å². The van der Waals surface area contributed by atoms with Gasteiger partial charge in [0.05, 0.1) is 6.04 Å². The van der Waals surface area contributed by atoms with Crippen LogP contribution in [-0.4, -0.2) is 57.6 Å². The summed E-state index contributed by atoms with van der Waals surface area (Å²) in [7, 11) is 1.96. The monoisotopic (exact) mass is 475 g/mol. The van der Waals surface area contributed by atoms with E-state index in [1.807, 2.05) is 14.0 Å². The van der Waals surface area contributed by atoms with E-state index in [9.17, 15) is 13.2 Å². The van der Waals surface area contributed by atoms with Crippen molar-refractivity contribution in [3.05, 3.63) is 24.3 Å². The molecule has 2 aliphatic rings. The molecule has 1 fully saturated rings. The van der Waals surface area contributed by atoms with Gasteiger partial charge in [-0.15, -0.1) is 28.5 Å². The predicted molar refractivity (Wildman–Crippen MR) is 120 cm³/mol. The summed E-state index contributed by atoms with van der Waals surface area (Å²) < 4.78 is 49.7. The highest BCUT2D eigenvalue weighted by Crippen LogP contribution is 2.42. The summed E-state index contributed by atoms with van der Waals surface area (Å²) in [5.41, 5.74) is 2.26. The standard InChI is InChI=1S/C22H24F3N7O2/c1-12-11-33-18-17(31(12)2)19(27-15-8-6-14(26)7-9-15)30-32-20(28-29-21(18)32)13-4-3-5-16(10-13)34-22(23,24)25/h3-5,10,12,15,26H,6-9,11H2,1-2H3,(H,27,30). The molecule has 1 aliphatic heterocycles. The first-order valence-electron chi connectivity index (χ1n) is 11.0. The predicted octanol–water partition coefficient (Wildman–Crippen LogP) is 4.28. The van der Waals surface area contributed by atoms with Gasteiger partial charge in [-0.05, 0) is 44.7 Å². The molecule has 1 unspecified atom stereocenters. The van der Waals surface area contributed by atoms with Gasteiger partial charge in [0.1, 0.15) is 18.0 Å². The maximum Gasteiger partial charge on any atom is 0.573 e. The Hall–Kier alpha value is -3.57. The van der Waals surface area contributed by atoms with Crippen LogP contribution in [0.25, 0.3) is 17.0 Å². The van der Waals surface area contributed by atoms with E-state index in [0.717, 1.165) is 37.1 Å². The topological polar surface area (TPSA) is 101 Å². The molecule has 34 heavy (non-hydrogen) atoms. The number of hydrogen-bond donors (Lipinski definition) is 2. The van der Waals surface area contributed by atoms with Crippen molar-refractivity contribution in [3.63, 3.8) is 0 Å². The fourth-order valence-electron chi connectivity index (χ4n) is 4.29. The Morgan fingerprint density at radius 1 is 1.21 bits per heavy atom. The van der Waals surface area contributed by atoms with Crippen LogP contribution in [-0.2, 0) is 0 Å². The highest BCUT2D eigenvalue weighted by molar-refractivity contribution is 5.84. The van der Waals surface area contributed by atoms with Crippen LogP contribution >= 0.6 is 0 Å². The molecule has 2 N–H and O–H groups in total. The summed E-state index contributed by atoms with van der Waals surface area (Å²) in [4.78, 5) is 2.07. The Labute approximate surface area is 193 Å². The molecule has 1 atom stereocenters. The normalized spacial score (nSPS) is 20.7. The SMILES string of the molecule is CC1COc2c(c(NC3CCC(=N)CC3)nn3c(-c4cccc(OC(F)(F)F)c4)nnc23)N1C. The van der Waals surface area contributed by atoms with Gasteiger partial charge in [-0.25, -0.2) is 0 Å². The summed E-state index contributed by atoms with van der Waals surface area (Å²) >= 11 is 0. The molecule has 0 saturated heterocycles.